The van der Waals surface area contributed by atoms with Gasteiger partial charge in [0.1, 0.15) is 6.04 Å². The topological polar surface area (TPSA) is 94.2 Å². The molecule has 42 heavy (non-hydrogen) atoms. The standard InChI is InChI=1S/C36H37N3O3/c1-23(30-14-7-9-25-8-2-3-12-31(25)30)38-29-11-6-10-27(20-29)24-16-18-26(19-17-24)35(40)39-34(36(41)42)21-28-22-37-33-15-5-4-13-32(28)33/h2-5,7-9,12-19,22-23,27,29,34,37-38H,6,10-11,20-21H2,1H3,(H,39,40)(H,41,42)/t23?,27-,29?,34+/m0/s1. The molecule has 214 valence electrons. The van der Waals surface area contributed by atoms with E-state index in [0.717, 1.165) is 42.1 Å². The number of H-pyrrole nitrogens is 1. The number of aromatic nitrogens is 1. The maximum absolute atomic E-state index is 13.0. The first-order valence-corrected chi connectivity index (χ1v) is 14.9. The first-order valence-electron chi connectivity index (χ1n) is 14.9. The van der Waals surface area contributed by atoms with E-state index in [9.17, 15) is 14.7 Å². The quantitative estimate of drug-likeness (QED) is 0.155. The smallest absolute Gasteiger partial charge is 0.326 e. The number of para-hydroxylation sites is 1. The molecule has 1 amide bonds. The first kappa shape index (κ1) is 27.7. The van der Waals surface area contributed by atoms with E-state index >= 15 is 0 Å². The van der Waals surface area contributed by atoms with Gasteiger partial charge in [-0.25, -0.2) is 4.79 Å². The fourth-order valence-electron chi connectivity index (χ4n) is 6.58. The fourth-order valence-corrected chi connectivity index (χ4v) is 6.58. The second kappa shape index (κ2) is 12.2. The second-order valence-electron chi connectivity index (χ2n) is 11.6. The van der Waals surface area contributed by atoms with Crippen LogP contribution >= 0.6 is 0 Å². The maximum Gasteiger partial charge on any atom is 0.326 e. The van der Waals surface area contributed by atoms with Crippen molar-refractivity contribution < 1.29 is 14.7 Å². The number of hydrogen-bond donors (Lipinski definition) is 4. The number of benzene rings is 4. The molecule has 6 heteroatoms. The van der Waals surface area contributed by atoms with Crippen LogP contribution < -0.4 is 10.6 Å². The molecule has 0 saturated heterocycles. The van der Waals surface area contributed by atoms with Crippen LogP contribution in [0.2, 0.25) is 0 Å². The third-order valence-corrected chi connectivity index (χ3v) is 8.80. The van der Waals surface area contributed by atoms with E-state index in [4.69, 9.17) is 0 Å². The molecule has 4 atom stereocenters. The summed E-state index contributed by atoms with van der Waals surface area (Å²) in [6.07, 6.45) is 6.50. The Morgan fingerprint density at radius 3 is 2.45 bits per heavy atom. The molecule has 1 heterocycles. The van der Waals surface area contributed by atoms with Crippen molar-refractivity contribution in [1.29, 1.82) is 0 Å². The van der Waals surface area contributed by atoms with Gasteiger partial charge in [0.2, 0.25) is 0 Å². The Labute approximate surface area is 246 Å². The zero-order chi connectivity index (χ0) is 29.1. The van der Waals surface area contributed by atoms with Crippen LogP contribution in [0.4, 0.5) is 0 Å². The predicted octanol–water partition coefficient (Wildman–Crippen LogP) is 7.12. The van der Waals surface area contributed by atoms with Crippen molar-refractivity contribution >= 4 is 33.6 Å². The Balaban J connectivity index is 1.08. The summed E-state index contributed by atoms with van der Waals surface area (Å²) < 4.78 is 0. The number of amides is 1. The lowest BCUT2D eigenvalue weighted by atomic mass is 9.80. The minimum absolute atomic E-state index is 0.205. The molecule has 0 radical (unpaired) electrons. The number of rotatable bonds is 9. The van der Waals surface area contributed by atoms with Gasteiger partial charge in [0.25, 0.3) is 5.91 Å². The van der Waals surface area contributed by atoms with Crippen LogP contribution in [0, 0.1) is 0 Å². The number of carboxylic acid groups (broad SMARTS) is 1. The van der Waals surface area contributed by atoms with E-state index < -0.39 is 12.0 Å². The van der Waals surface area contributed by atoms with Crippen LogP contribution in [0.25, 0.3) is 21.7 Å². The van der Waals surface area contributed by atoms with Crippen molar-refractivity contribution in [2.24, 2.45) is 0 Å². The molecule has 4 N–H and O–H groups in total. The molecule has 5 aromatic rings. The number of carbonyl (C=O) groups is 2. The van der Waals surface area contributed by atoms with Crippen molar-refractivity contribution in [3.8, 4) is 0 Å². The lowest BCUT2D eigenvalue weighted by Gasteiger charge is -2.32. The molecule has 0 aliphatic heterocycles. The number of fused-ring (bicyclic) bond motifs is 2. The van der Waals surface area contributed by atoms with E-state index in [-0.39, 0.29) is 18.4 Å². The van der Waals surface area contributed by atoms with Gasteiger partial charge in [-0.3, -0.25) is 4.79 Å². The van der Waals surface area contributed by atoms with Crippen molar-refractivity contribution in [2.45, 2.75) is 63.1 Å². The summed E-state index contributed by atoms with van der Waals surface area (Å²) in [4.78, 5) is 28.2. The lowest BCUT2D eigenvalue weighted by molar-refractivity contribution is -0.139. The summed E-state index contributed by atoms with van der Waals surface area (Å²) in [5.74, 6) is -1.01. The van der Waals surface area contributed by atoms with Gasteiger partial charge in [0.05, 0.1) is 0 Å². The highest BCUT2D eigenvalue weighted by atomic mass is 16.4. The SMILES string of the molecule is CC(NC1CCC[C@H](c2ccc(C(=O)N[C@H](Cc3c[nH]c4ccccc34)C(=O)O)cc2)C1)c1cccc2ccccc12. The molecule has 0 bridgehead atoms. The molecule has 6 rings (SSSR count). The summed E-state index contributed by atoms with van der Waals surface area (Å²) in [5.41, 5.74) is 4.84. The molecule has 4 aromatic carbocycles. The minimum Gasteiger partial charge on any atom is -0.480 e. The molecule has 1 fully saturated rings. The van der Waals surface area contributed by atoms with Gasteiger partial charge < -0.3 is 20.7 Å². The van der Waals surface area contributed by atoms with Gasteiger partial charge in [-0.15, -0.1) is 0 Å². The van der Waals surface area contributed by atoms with E-state index in [1.165, 1.54) is 21.9 Å². The van der Waals surface area contributed by atoms with Gasteiger partial charge in [0.15, 0.2) is 0 Å². The molecular formula is C36H37N3O3. The van der Waals surface area contributed by atoms with E-state index in [0.29, 0.717) is 17.5 Å². The molecule has 0 spiro atoms. The van der Waals surface area contributed by atoms with Crippen molar-refractivity contribution in [2.75, 3.05) is 0 Å². The predicted molar refractivity (Wildman–Crippen MR) is 168 cm³/mol. The van der Waals surface area contributed by atoms with Crippen LogP contribution in [0.5, 0.6) is 0 Å². The molecule has 1 aliphatic rings. The summed E-state index contributed by atoms with van der Waals surface area (Å²) in [6, 6.07) is 30.2. The van der Waals surface area contributed by atoms with Crippen molar-refractivity contribution in [3.05, 3.63) is 119 Å². The van der Waals surface area contributed by atoms with E-state index in [1.54, 1.807) is 0 Å². The van der Waals surface area contributed by atoms with Crippen LogP contribution in [0.3, 0.4) is 0 Å². The van der Waals surface area contributed by atoms with Gasteiger partial charge in [-0.05, 0) is 77.8 Å². The van der Waals surface area contributed by atoms with E-state index in [2.05, 4.69) is 65.0 Å². The normalized spacial score (nSPS) is 18.5. The lowest BCUT2D eigenvalue weighted by Crippen LogP contribution is -2.42. The highest BCUT2D eigenvalue weighted by molar-refractivity contribution is 5.97. The first-order chi connectivity index (χ1) is 20.5. The van der Waals surface area contributed by atoms with Crippen LogP contribution in [-0.4, -0.2) is 34.1 Å². The Bertz CT molecular complexity index is 1700. The second-order valence-corrected chi connectivity index (χ2v) is 11.6. The summed E-state index contributed by atoms with van der Waals surface area (Å²) in [7, 11) is 0. The fraction of sp³-hybridized carbons (Fsp3) is 0.278. The summed E-state index contributed by atoms with van der Waals surface area (Å²) in [5, 5.41) is 20.0. The van der Waals surface area contributed by atoms with Gasteiger partial charge in [-0.2, -0.15) is 0 Å². The molecule has 1 aromatic heterocycles. The summed E-state index contributed by atoms with van der Waals surface area (Å²) >= 11 is 0. The Morgan fingerprint density at radius 1 is 0.905 bits per heavy atom. The Hall–Kier alpha value is -4.42. The Kier molecular flexibility index (Phi) is 8.06. The molecule has 2 unspecified atom stereocenters. The maximum atomic E-state index is 13.0. The zero-order valence-electron chi connectivity index (χ0n) is 23.8. The molecule has 1 saturated carbocycles. The van der Waals surface area contributed by atoms with Gasteiger partial charge >= 0.3 is 5.97 Å². The van der Waals surface area contributed by atoms with E-state index in [1.807, 2.05) is 54.7 Å². The molecular weight excluding hydrogens is 522 g/mol. The largest absolute Gasteiger partial charge is 0.480 e. The number of hydrogen-bond acceptors (Lipinski definition) is 3. The average molecular weight is 560 g/mol. The average Bonchev–Trinajstić information content (AvgIpc) is 3.43. The number of carboxylic acids is 1. The number of aromatic amines is 1. The highest BCUT2D eigenvalue weighted by Gasteiger charge is 2.26. The van der Waals surface area contributed by atoms with Crippen molar-refractivity contribution in [3.63, 3.8) is 0 Å². The van der Waals surface area contributed by atoms with Crippen molar-refractivity contribution in [1.82, 2.24) is 15.6 Å². The third-order valence-electron chi connectivity index (χ3n) is 8.80. The monoisotopic (exact) mass is 559 g/mol. The summed E-state index contributed by atoms with van der Waals surface area (Å²) in [6.45, 7) is 2.25. The van der Waals surface area contributed by atoms with Crippen LogP contribution in [0.1, 0.15) is 71.6 Å². The number of aliphatic carboxylic acids is 1. The van der Waals surface area contributed by atoms with Crippen LogP contribution in [-0.2, 0) is 11.2 Å². The molecule has 1 aliphatic carbocycles. The van der Waals surface area contributed by atoms with Crippen LogP contribution in [0.15, 0.2) is 97.2 Å². The zero-order valence-corrected chi connectivity index (χ0v) is 23.8. The minimum atomic E-state index is -1.05. The molecule has 6 nitrogen and oxygen atoms in total. The number of nitrogens with one attached hydrogen (secondary N) is 3. The Morgan fingerprint density at radius 2 is 1.64 bits per heavy atom. The van der Waals surface area contributed by atoms with Gasteiger partial charge in [-0.1, -0.05) is 79.2 Å². The number of carbonyl (C=O) groups excluding carboxylic acids is 1. The third kappa shape index (κ3) is 5.95. The van der Waals surface area contributed by atoms with Gasteiger partial charge in [0, 0.05) is 41.2 Å². The highest BCUT2D eigenvalue weighted by Crippen LogP contribution is 2.35.